The molecule has 1 aliphatic carbocycles. The summed E-state index contributed by atoms with van der Waals surface area (Å²) in [6.45, 7) is 0.976. The molecule has 1 aromatic heterocycles. The second kappa shape index (κ2) is 3.17. The molecule has 0 N–H and O–H groups in total. The van der Waals surface area contributed by atoms with E-state index in [-0.39, 0.29) is 5.15 Å². The van der Waals surface area contributed by atoms with Crippen LogP contribution in [-0.4, -0.2) is 28.8 Å². The number of rotatable bonds is 2. The van der Waals surface area contributed by atoms with E-state index in [4.69, 9.17) is 11.6 Å². The highest BCUT2D eigenvalue weighted by Gasteiger charge is 2.47. The highest BCUT2D eigenvalue weighted by atomic mass is 35.5. The molecule has 1 saturated heterocycles. The van der Waals surface area contributed by atoms with Crippen molar-refractivity contribution in [1.82, 2.24) is 9.97 Å². The Morgan fingerprint density at radius 1 is 1.53 bits per heavy atom. The molecule has 1 saturated carbocycles. The second-order valence-electron chi connectivity index (χ2n) is 4.06. The lowest BCUT2D eigenvalue weighted by Crippen LogP contribution is -2.25. The summed E-state index contributed by atoms with van der Waals surface area (Å²) in [5, 5.41) is 0.249. The van der Waals surface area contributed by atoms with Crippen molar-refractivity contribution in [3.8, 4) is 0 Å². The van der Waals surface area contributed by atoms with Crippen molar-refractivity contribution in [3.05, 3.63) is 17.0 Å². The van der Waals surface area contributed by atoms with E-state index >= 15 is 0 Å². The molecule has 2 heterocycles. The maximum Gasteiger partial charge on any atom is 0.156 e. The Bertz CT molecular complexity index is 423. The van der Waals surface area contributed by atoms with Gasteiger partial charge in [-0.15, -0.1) is 0 Å². The van der Waals surface area contributed by atoms with Crippen molar-refractivity contribution in [3.63, 3.8) is 0 Å². The van der Waals surface area contributed by atoms with Crippen LogP contribution in [-0.2, 0) is 0 Å². The molecular formula is C10H10ClN3O. The number of hydrogen-bond donors (Lipinski definition) is 0. The summed E-state index contributed by atoms with van der Waals surface area (Å²) >= 11 is 5.86. The standard InChI is InChI=1S/C10H10ClN3O/c11-9-7(4-15)10(13-5-12-9)14-2-1-6-3-8(6)14/h4-6,8H,1-3H2. The molecule has 0 bridgehead atoms. The molecule has 0 amide bonds. The lowest BCUT2D eigenvalue weighted by molar-refractivity contribution is 0.112. The Morgan fingerprint density at radius 2 is 2.40 bits per heavy atom. The fourth-order valence-electron chi connectivity index (χ4n) is 2.35. The van der Waals surface area contributed by atoms with Crippen molar-refractivity contribution in [2.45, 2.75) is 18.9 Å². The Balaban J connectivity index is 2.03. The minimum atomic E-state index is 0.249. The predicted molar refractivity (Wildman–Crippen MR) is 56.3 cm³/mol. The molecule has 78 valence electrons. The van der Waals surface area contributed by atoms with Crippen molar-refractivity contribution >= 4 is 23.7 Å². The zero-order chi connectivity index (χ0) is 10.4. The number of fused-ring (bicyclic) bond motifs is 1. The maximum absolute atomic E-state index is 10.9. The Hall–Kier alpha value is -1.16. The lowest BCUT2D eigenvalue weighted by atomic mass is 10.3. The number of aldehydes is 1. The topological polar surface area (TPSA) is 46.1 Å². The molecule has 0 aromatic carbocycles. The van der Waals surface area contributed by atoms with Gasteiger partial charge in [0.2, 0.25) is 0 Å². The van der Waals surface area contributed by atoms with E-state index in [0.29, 0.717) is 17.4 Å². The number of piperidine rings is 1. The van der Waals surface area contributed by atoms with E-state index in [1.807, 2.05) is 0 Å². The first-order valence-electron chi connectivity index (χ1n) is 5.03. The van der Waals surface area contributed by atoms with Crippen molar-refractivity contribution in [2.75, 3.05) is 11.4 Å². The summed E-state index contributed by atoms with van der Waals surface area (Å²) in [6.07, 6.45) is 4.58. The molecule has 0 radical (unpaired) electrons. The van der Waals surface area contributed by atoms with Gasteiger partial charge in [0.1, 0.15) is 17.3 Å². The average Bonchev–Trinajstić information content (AvgIpc) is 2.90. The molecule has 2 aliphatic rings. The van der Waals surface area contributed by atoms with Gasteiger partial charge in [0.15, 0.2) is 6.29 Å². The third-order valence-electron chi connectivity index (χ3n) is 3.23. The van der Waals surface area contributed by atoms with Crippen LogP contribution in [0.1, 0.15) is 23.2 Å². The van der Waals surface area contributed by atoms with Gasteiger partial charge in [0.05, 0.1) is 5.56 Å². The SMILES string of the molecule is O=Cc1c(Cl)ncnc1N1CCC2CC21. The van der Waals surface area contributed by atoms with Gasteiger partial charge >= 0.3 is 0 Å². The number of hydrogen-bond acceptors (Lipinski definition) is 4. The Morgan fingerprint density at radius 3 is 3.00 bits per heavy atom. The van der Waals surface area contributed by atoms with Crippen LogP contribution in [0.2, 0.25) is 5.15 Å². The molecule has 5 heteroatoms. The fourth-order valence-corrected chi connectivity index (χ4v) is 2.53. The zero-order valence-electron chi connectivity index (χ0n) is 8.06. The van der Waals surface area contributed by atoms with E-state index in [1.165, 1.54) is 19.2 Å². The Kier molecular flexibility index (Phi) is 1.92. The molecular weight excluding hydrogens is 214 g/mol. The van der Waals surface area contributed by atoms with Gasteiger partial charge in [0.25, 0.3) is 0 Å². The smallest absolute Gasteiger partial charge is 0.156 e. The quantitative estimate of drug-likeness (QED) is 0.564. The van der Waals surface area contributed by atoms with E-state index in [9.17, 15) is 4.79 Å². The predicted octanol–water partition coefficient (Wildman–Crippen LogP) is 1.54. The van der Waals surface area contributed by atoms with Gasteiger partial charge in [-0.2, -0.15) is 0 Å². The van der Waals surface area contributed by atoms with Gasteiger partial charge < -0.3 is 4.90 Å². The number of carbonyl (C=O) groups excluding carboxylic acids is 1. The first-order valence-corrected chi connectivity index (χ1v) is 5.41. The number of nitrogens with zero attached hydrogens (tertiary/aromatic N) is 3. The van der Waals surface area contributed by atoms with Crippen LogP contribution in [0.3, 0.4) is 0 Å². The maximum atomic E-state index is 10.9. The Labute approximate surface area is 92.3 Å². The van der Waals surface area contributed by atoms with Crippen LogP contribution in [0.4, 0.5) is 5.82 Å². The van der Waals surface area contributed by atoms with Gasteiger partial charge in [-0.1, -0.05) is 11.6 Å². The summed E-state index contributed by atoms with van der Waals surface area (Å²) in [6, 6.07) is 0.578. The molecule has 0 spiro atoms. The molecule has 2 unspecified atom stereocenters. The zero-order valence-corrected chi connectivity index (χ0v) is 8.81. The van der Waals surface area contributed by atoms with Gasteiger partial charge in [-0.25, -0.2) is 9.97 Å². The van der Waals surface area contributed by atoms with Crippen molar-refractivity contribution in [1.29, 1.82) is 0 Å². The van der Waals surface area contributed by atoms with Gasteiger partial charge in [-0.05, 0) is 18.8 Å². The monoisotopic (exact) mass is 223 g/mol. The average molecular weight is 224 g/mol. The molecule has 1 aliphatic heterocycles. The fraction of sp³-hybridized carbons (Fsp3) is 0.500. The molecule has 3 rings (SSSR count). The van der Waals surface area contributed by atoms with Crippen molar-refractivity contribution < 1.29 is 4.79 Å². The minimum Gasteiger partial charge on any atom is -0.353 e. The van der Waals surface area contributed by atoms with Crippen LogP contribution >= 0.6 is 11.6 Å². The molecule has 2 atom stereocenters. The summed E-state index contributed by atoms with van der Waals surface area (Å²) in [4.78, 5) is 21.1. The molecule has 15 heavy (non-hydrogen) atoms. The third kappa shape index (κ3) is 1.32. The lowest BCUT2D eigenvalue weighted by Gasteiger charge is -2.20. The molecule has 1 aromatic rings. The van der Waals surface area contributed by atoms with Gasteiger partial charge in [0, 0.05) is 12.6 Å². The normalized spacial score (nSPS) is 27.7. The number of aromatic nitrogens is 2. The highest BCUT2D eigenvalue weighted by Crippen LogP contribution is 2.46. The third-order valence-corrected chi connectivity index (χ3v) is 3.53. The summed E-state index contributed by atoms with van der Waals surface area (Å²) in [7, 11) is 0. The summed E-state index contributed by atoms with van der Waals surface area (Å²) in [5.41, 5.74) is 0.423. The summed E-state index contributed by atoms with van der Waals surface area (Å²) in [5.74, 6) is 1.51. The van der Waals surface area contributed by atoms with E-state index in [1.54, 1.807) is 0 Å². The first-order chi connectivity index (χ1) is 7.31. The van der Waals surface area contributed by atoms with E-state index in [0.717, 1.165) is 18.7 Å². The van der Waals surface area contributed by atoms with E-state index in [2.05, 4.69) is 14.9 Å². The molecule has 4 nitrogen and oxygen atoms in total. The second-order valence-corrected chi connectivity index (χ2v) is 4.42. The van der Waals surface area contributed by atoms with Crippen LogP contribution in [0, 0.1) is 5.92 Å². The van der Waals surface area contributed by atoms with Crippen LogP contribution in [0.15, 0.2) is 6.33 Å². The molecule has 2 fully saturated rings. The summed E-state index contributed by atoms with van der Waals surface area (Å²) < 4.78 is 0. The largest absolute Gasteiger partial charge is 0.353 e. The minimum absolute atomic E-state index is 0.249. The number of halogens is 1. The highest BCUT2D eigenvalue weighted by molar-refractivity contribution is 6.32. The first kappa shape index (κ1) is 9.09. The van der Waals surface area contributed by atoms with Crippen LogP contribution < -0.4 is 4.90 Å². The van der Waals surface area contributed by atoms with Crippen molar-refractivity contribution in [2.24, 2.45) is 5.92 Å². The van der Waals surface area contributed by atoms with Gasteiger partial charge in [-0.3, -0.25) is 4.79 Å². The number of carbonyl (C=O) groups is 1. The van der Waals surface area contributed by atoms with Crippen LogP contribution in [0.25, 0.3) is 0 Å². The van der Waals surface area contributed by atoms with E-state index < -0.39 is 0 Å². The van der Waals surface area contributed by atoms with Crippen LogP contribution in [0.5, 0.6) is 0 Å². The number of anilines is 1.